The van der Waals surface area contributed by atoms with Crippen molar-refractivity contribution in [2.75, 3.05) is 43.5 Å². The van der Waals surface area contributed by atoms with E-state index in [-0.39, 0.29) is 22.1 Å². The lowest BCUT2D eigenvalue weighted by molar-refractivity contribution is -0.162. The molecule has 4 saturated carbocycles. The van der Waals surface area contributed by atoms with Crippen LogP contribution < -0.4 is 20.9 Å². The van der Waals surface area contributed by atoms with Crippen molar-refractivity contribution in [3.8, 4) is 0 Å². The number of aryl methyl sites for hydroxylation is 1. The number of likely N-dealkylation sites (N-methyl/N-ethyl adjacent to an activating group) is 1. The van der Waals surface area contributed by atoms with Crippen LogP contribution >= 0.6 is 11.3 Å². The van der Waals surface area contributed by atoms with Gasteiger partial charge in [0, 0.05) is 53.8 Å². The van der Waals surface area contributed by atoms with Gasteiger partial charge in [-0.25, -0.2) is 14.8 Å². The van der Waals surface area contributed by atoms with Gasteiger partial charge < -0.3 is 36.1 Å². The number of aromatic nitrogens is 4. The van der Waals surface area contributed by atoms with E-state index in [1.807, 2.05) is 31.9 Å². The first-order valence-corrected chi connectivity index (χ1v) is 20.9. The number of rotatable bonds is 13. The molecule has 296 valence electrons. The summed E-state index contributed by atoms with van der Waals surface area (Å²) in [5, 5.41) is 39.2. The second-order valence-electron chi connectivity index (χ2n) is 17.7. The van der Waals surface area contributed by atoms with Crippen LogP contribution in [-0.2, 0) is 11.2 Å². The van der Waals surface area contributed by atoms with E-state index < -0.39 is 5.97 Å². The molecule has 5 unspecified atom stereocenters. The molecule has 5 atom stereocenters. The summed E-state index contributed by atoms with van der Waals surface area (Å²) in [6.07, 6.45) is 9.86. The summed E-state index contributed by atoms with van der Waals surface area (Å²) in [6, 6.07) is 9.88. The number of benzene rings is 1. The molecule has 12 nitrogen and oxygen atoms in total. The number of carbonyl (C=O) groups is 1. The fourth-order valence-corrected chi connectivity index (χ4v) is 12.0. The first kappa shape index (κ1) is 38.4. The van der Waals surface area contributed by atoms with Crippen LogP contribution in [0.1, 0.15) is 98.5 Å². The highest BCUT2D eigenvalue weighted by Gasteiger charge is 2.60. The van der Waals surface area contributed by atoms with Crippen molar-refractivity contribution in [3.05, 3.63) is 64.0 Å². The van der Waals surface area contributed by atoms with E-state index in [1.54, 1.807) is 17.4 Å². The van der Waals surface area contributed by atoms with Gasteiger partial charge in [0.2, 0.25) is 0 Å². The molecule has 9 rings (SSSR count). The highest BCUT2D eigenvalue weighted by Crippen LogP contribution is 2.66. The first-order chi connectivity index (χ1) is 26.8. The minimum atomic E-state index is -1.14. The fraction of sp³-hybridized carbons (Fsp3) is 0.535. The number of hydrogen-bond acceptors (Lipinski definition) is 12. The summed E-state index contributed by atoms with van der Waals surface area (Å²) in [6.45, 7) is 14.0. The number of allylic oxidation sites excluding steroid dienone is 2. The number of fused-ring (bicyclic) bond motifs is 3. The Balaban J connectivity index is 1.02. The predicted octanol–water partition coefficient (Wildman–Crippen LogP) is 8.20. The Morgan fingerprint density at radius 2 is 1.89 bits per heavy atom. The van der Waals surface area contributed by atoms with E-state index in [0.29, 0.717) is 47.0 Å². The lowest BCUT2D eigenvalue weighted by atomic mass is 9.53. The second kappa shape index (κ2) is 14.8. The summed E-state index contributed by atoms with van der Waals surface area (Å²) in [4.78, 5) is 24.3. The van der Waals surface area contributed by atoms with Gasteiger partial charge in [-0.1, -0.05) is 31.3 Å². The molecule has 0 amide bonds. The van der Waals surface area contributed by atoms with Gasteiger partial charge in [0.15, 0.2) is 22.5 Å². The van der Waals surface area contributed by atoms with Crippen molar-refractivity contribution in [1.82, 2.24) is 30.8 Å². The Morgan fingerprint density at radius 1 is 1.09 bits per heavy atom. The number of anilines is 4. The predicted molar refractivity (Wildman–Crippen MR) is 224 cm³/mol. The number of hydrogen-bond donors (Lipinski definition) is 5. The Morgan fingerprint density at radius 3 is 2.66 bits per heavy atom. The van der Waals surface area contributed by atoms with Crippen LogP contribution in [-0.4, -0.2) is 76.3 Å². The fourth-order valence-electron chi connectivity index (χ4n) is 11.2. The molecule has 4 aliphatic carbocycles. The van der Waals surface area contributed by atoms with Crippen molar-refractivity contribution in [3.63, 3.8) is 0 Å². The molecule has 0 saturated heterocycles. The van der Waals surface area contributed by atoms with Crippen LogP contribution in [0.2, 0.25) is 0 Å². The maximum atomic E-state index is 12.8. The summed E-state index contributed by atoms with van der Waals surface area (Å²) < 4.78 is 7.84. The van der Waals surface area contributed by atoms with Gasteiger partial charge in [-0.3, -0.25) is 0 Å². The molecule has 4 fully saturated rings. The Hall–Kier alpha value is -4.46. The molecule has 0 spiro atoms. The average molecular weight is 778 g/mol. The van der Waals surface area contributed by atoms with Crippen LogP contribution in [0.3, 0.4) is 0 Å². The molecule has 56 heavy (non-hydrogen) atoms. The second-order valence-corrected chi connectivity index (χ2v) is 18.7. The third-order valence-electron chi connectivity index (χ3n) is 12.9. The number of aromatic carboxylic acids is 1. The van der Waals surface area contributed by atoms with Gasteiger partial charge in [0.1, 0.15) is 5.82 Å². The van der Waals surface area contributed by atoms with Gasteiger partial charge in [0.25, 0.3) is 0 Å². The van der Waals surface area contributed by atoms with E-state index in [9.17, 15) is 9.90 Å². The smallest absolute Gasteiger partial charge is 0.355 e. The molecule has 5 N–H and O–H groups in total. The molecular weight excluding hydrogens is 723 g/mol. The molecule has 1 aliphatic heterocycles. The van der Waals surface area contributed by atoms with Gasteiger partial charge in [-0.15, -0.1) is 10.2 Å². The Bertz CT molecular complexity index is 2220. The standard InChI is InChI=1S/C43H55N9O3S/c1-25-9-11-34-33(16-25)47-40(56-34)49-37-26(2)30-8-7-14-52(38(30)51-50-37)35-12-10-31(36(48-35)39(53)54)32(20-44)27(3)46-21-29-18-42(5)22-41(4)17-28(29)19-43(23-41,24-42)55-15-13-45-6/h9-12,16,20,28-29,44-46H,7-8,13-15,17-19,21-24H2,1-6H3,(H,53,54)(H,47,49,50)/b32-27+,44-20?. The lowest BCUT2D eigenvalue weighted by Crippen LogP contribution is -2.52. The van der Waals surface area contributed by atoms with E-state index in [4.69, 9.17) is 20.1 Å². The van der Waals surface area contributed by atoms with Crippen LogP contribution in [0, 0.1) is 41.9 Å². The quantitative estimate of drug-likeness (QED) is 0.0658. The van der Waals surface area contributed by atoms with E-state index in [1.165, 1.54) is 19.1 Å². The van der Waals surface area contributed by atoms with E-state index >= 15 is 0 Å². The number of ether oxygens (including phenoxy) is 1. The molecule has 0 radical (unpaired) electrons. The van der Waals surface area contributed by atoms with Crippen molar-refractivity contribution in [2.24, 2.45) is 22.7 Å². The third kappa shape index (κ3) is 7.29. The number of nitrogens with one attached hydrogen (secondary N) is 4. The first-order valence-electron chi connectivity index (χ1n) is 20.1. The molecular formula is C43H55N9O3S. The largest absolute Gasteiger partial charge is 0.476 e. The maximum absolute atomic E-state index is 12.8. The number of carboxylic acid groups (broad SMARTS) is 1. The van der Waals surface area contributed by atoms with Crippen molar-refractivity contribution >= 4 is 61.9 Å². The number of pyridine rings is 1. The zero-order chi connectivity index (χ0) is 39.4. The Kier molecular flexibility index (Phi) is 10.2. The van der Waals surface area contributed by atoms with Gasteiger partial charge >= 0.3 is 5.97 Å². The highest BCUT2D eigenvalue weighted by atomic mass is 32.1. The topological polar surface area (TPSA) is 161 Å². The molecule has 4 aromatic rings. The monoisotopic (exact) mass is 777 g/mol. The molecule has 1 aromatic carbocycles. The molecule has 4 heterocycles. The molecule has 3 aromatic heterocycles. The molecule has 13 heteroatoms. The maximum Gasteiger partial charge on any atom is 0.355 e. The average Bonchev–Trinajstić information content (AvgIpc) is 3.48. The minimum absolute atomic E-state index is 0.0557. The molecule has 4 bridgehead atoms. The van der Waals surface area contributed by atoms with E-state index in [2.05, 4.69) is 65.1 Å². The number of carboxylic acids is 1. The van der Waals surface area contributed by atoms with Gasteiger partial charge in [-0.2, -0.15) is 0 Å². The Labute approximate surface area is 333 Å². The van der Waals surface area contributed by atoms with Gasteiger partial charge in [0.05, 0.1) is 22.4 Å². The van der Waals surface area contributed by atoms with Crippen LogP contribution in [0.5, 0.6) is 0 Å². The normalized spacial score (nSPS) is 27.1. The zero-order valence-corrected chi connectivity index (χ0v) is 34.3. The SMILES string of the molecule is CNCCOC12CC3CC(C)(CC(C)(CC3CN/C(C)=C(\C=N)c3ccc(N4CCCc5c4nnc(Nc4nc6cc(C)ccc6s4)c5C)nc3C(=O)O)C1)C2. The summed E-state index contributed by atoms with van der Waals surface area (Å²) in [5.41, 5.74) is 6.23. The number of thiazole rings is 1. The van der Waals surface area contributed by atoms with E-state index in [0.717, 1.165) is 96.0 Å². The van der Waals surface area contributed by atoms with Crippen molar-refractivity contribution in [1.29, 1.82) is 5.41 Å². The molecule has 5 aliphatic rings. The van der Waals surface area contributed by atoms with Crippen LogP contribution in [0.25, 0.3) is 15.8 Å². The zero-order valence-electron chi connectivity index (χ0n) is 33.5. The minimum Gasteiger partial charge on any atom is -0.476 e. The lowest BCUT2D eigenvalue weighted by Gasteiger charge is -2.56. The number of nitrogens with zero attached hydrogens (tertiary/aromatic N) is 5. The summed E-state index contributed by atoms with van der Waals surface area (Å²) in [5.74, 6) is 1.71. The van der Waals surface area contributed by atoms with Crippen molar-refractivity contribution < 1.29 is 14.6 Å². The van der Waals surface area contributed by atoms with Crippen LogP contribution in [0.4, 0.5) is 22.6 Å². The van der Waals surface area contributed by atoms with Crippen LogP contribution in [0.15, 0.2) is 36.0 Å². The summed E-state index contributed by atoms with van der Waals surface area (Å²) in [7, 11) is 1.98. The van der Waals surface area contributed by atoms with Crippen molar-refractivity contribution in [2.45, 2.75) is 91.6 Å². The van der Waals surface area contributed by atoms with Gasteiger partial charge in [-0.05, 0) is 132 Å². The highest BCUT2D eigenvalue weighted by molar-refractivity contribution is 7.22. The summed E-state index contributed by atoms with van der Waals surface area (Å²) >= 11 is 1.58. The third-order valence-corrected chi connectivity index (χ3v) is 13.9.